The minimum atomic E-state index is -0.104. The third-order valence-corrected chi connectivity index (χ3v) is 2.96. The quantitative estimate of drug-likeness (QED) is 0.813. The second kappa shape index (κ2) is 7.97. The molecule has 0 aliphatic heterocycles. The van der Waals surface area contributed by atoms with Gasteiger partial charge in [0, 0.05) is 31.1 Å². The van der Waals surface area contributed by atoms with Crippen LogP contribution in [0.2, 0.25) is 5.02 Å². The maximum atomic E-state index is 11.8. The molecule has 0 spiro atoms. The van der Waals surface area contributed by atoms with Crippen LogP contribution in [0, 0.1) is 0 Å². The van der Waals surface area contributed by atoms with E-state index in [2.05, 4.69) is 10.6 Å². The van der Waals surface area contributed by atoms with Crippen LogP contribution < -0.4 is 20.1 Å². The smallest absolute Gasteiger partial charge is 0.225 e. The van der Waals surface area contributed by atoms with Crippen LogP contribution in [-0.2, 0) is 4.79 Å². The molecule has 20 heavy (non-hydrogen) atoms. The van der Waals surface area contributed by atoms with Crippen molar-refractivity contribution in [2.24, 2.45) is 0 Å². The van der Waals surface area contributed by atoms with Gasteiger partial charge in [0.05, 0.1) is 24.9 Å². The summed E-state index contributed by atoms with van der Waals surface area (Å²) in [5, 5.41) is 6.35. The molecule has 112 valence electrons. The van der Waals surface area contributed by atoms with E-state index < -0.39 is 0 Å². The monoisotopic (exact) mass is 300 g/mol. The highest BCUT2D eigenvalue weighted by molar-refractivity contribution is 6.34. The molecule has 0 fully saturated rings. The second-order valence-corrected chi connectivity index (χ2v) is 5.00. The minimum Gasteiger partial charge on any atom is -0.493 e. The largest absolute Gasteiger partial charge is 0.493 e. The fourth-order valence-corrected chi connectivity index (χ4v) is 1.84. The highest BCUT2D eigenvalue weighted by Gasteiger charge is 2.12. The number of hydrogen-bond acceptors (Lipinski definition) is 4. The van der Waals surface area contributed by atoms with Gasteiger partial charge >= 0.3 is 0 Å². The number of ether oxygens (including phenoxy) is 2. The summed E-state index contributed by atoms with van der Waals surface area (Å²) in [6.45, 7) is 4.68. The Kier molecular flexibility index (Phi) is 6.61. The third kappa shape index (κ3) is 4.90. The molecule has 0 saturated heterocycles. The Hall–Kier alpha value is -1.46. The van der Waals surface area contributed by atoms with Crippen LogP contribution in [0.3, 0.4) is 0 Å². The van der Waals surface area contributed by atoms with E-state index in [0.717, 1.165) is 0 Å². The topological polar surface area (TPSA) is 59.6 Å². The molecule has 0 radical (unpaired) electrons. The summed E-state index contributed by atoms with van der Waals surface area (Å²) in [7, 11) is 3.06. The summed E-state index contributed by atoms with van der Waals surface area (Å²) in [5.74, 6) is 0.941. The summed E-state index contributed by atoms with van der Waals surface area (Å²) in [6, 6.07) is 3.62. The van der Waals surface area contributed by atoms with Gasteiger partial charge in [-0.25, -0.2) is 0 Å². The van der Waals surface area contributed by atoms with Gasteiger partial charge in [0.2, 0.25) is 5.91 Å². The average Bonchev–Trinajstić information content (AvgIpc) is 2.40. The molecular weight excluding hydrogens is 280 g/mol. The maximum absolute atomic E-state index is 11.8. The van der Waals surface area contributed by atoms with Crippen LogP contribution in [-0.4, -0.2) is 32.7 Å². The lowest BCUT2D eigenvalue weighted by atomic mass is 10.2. The van der Waals surface area contributed by atoms with Gasteiger partial charge in [-0.2, -0.15) is 0 Å². The van der Waals surface area contributed by atoms with Crippen molar-refractivity contribution in [1.82, 2.24) is 5.32 Å². The molecule has 0 aromatic heterocycles. The summed E-state index contributed by atoms with van der Waals surface area (Å²) in [6.07, 6.45) is 0.378. The van der Waals surface area contributed by atoms with E-state index in [-0.39, 0.29) is 5.91 Å². The van der Waals surface area contributed by atoms with Crippen molar-refractivity contribution in [2.75, 3.05) is 26.1 Å². The van der Waals surface area contributed by atoms with Crippen LogP contribution in [0.4, 0.5) is 5.69 Å². The highest BCUT2D eigenvalue weighted by Crippen LogP contribution is 2.35. The van der Waals surface area contributed by atoms with Crippen LogP contribution in [0.1, 0.15) is 20.3 Å². The van der Waals surface area contributed by atoms with E-state index in [4.69, 9.17) is 21.1 Å². The average molecular weight is 301 g/mol. The lowest BCUT2D eigenvalue weighted by Crippen LogP contribution is -2.27. The first-order valence-electron chi connectivity index (χ1n) is 6.42. The molecule has 0 aliphatic rings. The molecule has 5 nitrogen and oxygen atoms in total. The van der Waals surface area contributed by atoms with E-state index >= 15 is 0 Å². The third-order valence-electron chi connectivity index (χ3n) is 2.65. The van der Waals surface area contributed by atoms with Crippen molar-refractivity contribution >= 4 is 23.2 Å². The van der Waals surface area contributed by atoms with E-state index in [0.29, 0.717) is 41.2 Å². The molecule has 6 heteroatoms. The number of nitrogens with one attached hydrogen (secondary N) is 2. The van der Waals surface area contributed by atoms with Gasteiger partial charge in [-0.05, 0) is 0 Å². The van der Waals surface area contributed by atoms with Gasteiger partial charge in [-0.3, -0.25) is 4.79 Å². The molecule has 0 unspecified atom stereocenters. The van der Waals surface area contributed by atoms with Crippen molar-refractivity contribution < 1.29 is 14.3 Å². The van der Waals surface area contributed by atoms with E-state index in [1.54, 1.807) is 12.1 Å². The standard InChI is InChI=1S/C14H21ClN2O3/c1-9(2)16-6-5-14(18)17-11-8-13(20-4)12(19-3)7-10(11)15/h7-9,16H,5-6H2,1-4H3,(H,17,18). The predicted molar refractivity (Wildman–Crippen MR) is 80.9 cm³/mol. The van der Waals surface area contributed by atoms with Crippen molar-refractivity contribution in [3.8, 4) is 11.5 Å². The van der Waals surface area contributed by atoms with E-state index in [9.17, 15) is 4.79 Å². The fourth-order valence-electron chi connectivity index (χ4n) is 1.64. The first-order chi connectivity index (χ1) is 9.47. The van der Waals surface area contributed by atoms with Gasteiger partial charge < -0.3 is 20.1 Å². The van der Waals surface area contributed by atoms with Crippen LogP contribution in [0.5, 0.6) is 11.5 Å². The number of amides is 1. The first kappa shape index (κ1) is 16.6. The molecule has 0 saturated carbocycles. The van der Waals surface area contributed by atoms with E-state index in [1.165, 1.54) is 14.2 Å². The number of rotatable bonds is 7. The van der Waals surface area contributed by atoms with Gasteiger partial charge in [-0.15, -0.1) is 0 Å². The molecule has 1 amide bonds. The Bertz CT molecular complexity index is 464. The molecule has 1 aromatic carbocycles. The number of benzene rings is 1. The lowest BCUT2D eigenvalue weighted by molar-refractivity contribution is -0.116. The van der Waals surface area contributed by atoms with Crippen molar-refractivity contribution in [3.05, 3.63) is 17.2 Å². The minimum absolute atomic E-state index is 0.104. The van der Waals surface area contributed by atoms with Crippen molar-refractivity contribution in [2.45, 2.75) is 26.3 Å². The fraction of sp³-hybridized carbons (Fsp3) is 0.500. The van der Waals surface area contributed by atoms with Crippen molar-refractivity contribution in [1.29, 1.82) is 0 Å². The van der Waals surface area contributed by atoms with Gasteiger partial charge in [0.25, 0.3) is 0 Å². The Morgan fingerprint density at radius 1 is 1.25 bits per heavy atom. The zero-order valence-corrected chi connectivity index (χ0v) is 13.0. The van der Waals surface area contributed by atoms with Gasteiger partial charge in [-0.1, -0.05) is 25.4 Å². The maximum Gasteiger partial charge on any atom is 0.225 e. The number of hydrogen-bond donors (Lipinski definition) is 2. The Balaban J connectivity index is 2.69. The molecule has 2 N–H and O–H groups in total. The highest BCUT2D eigenvalue weighted by atomic mass is 35.5. The Labute approximate surface area is 124 Å². The van der Waals surface area contributed by atoms with Crippen LogP contribution in [0.25, 0.3) is 0 Å². The zero-order chi connectivity index (χ0) is 15.1. The SMILES string of the molecule is COc1cc(Cl)c(NC(=O)CCNC(C)C)cc1OC. The molecule has 0 aliphatic carbocycles. The van der Waals surface area contributed by atoms with E-state index in [1.807, 2.05) is 13.8 Å². The normalized spacial score (nSPS) is 10.5. The molecule has 1 aromatic rings. The summed E-state index contributed by atoms with van der Waals surface area (Å²) >= 11 is 6.10. The molecule has 0 heterocycles. The van der Waals surface area contributed by atoms with Crippen molar-refractivity contribution in [3.63, 3.8) is 0 Å². The first-order valence-corrected chi connectivity index (χ1v) is 6.80. The lowest BCUT2D eigenvalue weighted by Gasteiger charge is -2.13. The number of anilines is 1. The predicted octanol–water partition coefficient (Wildman–Crippen LogP) is 2.68. The van der Waals surface area contributed by atoms with Crippen LogP contribution in [0.15, 0.2) is 12.1 Å². The Morgan fingerprint density at radius 2 is 1.85 bits per heavy atom. The number of carbonyl (C=O) groups excluding carboxylic acids is 1. The molecule has 1 rings (SSSR count). The summed E-state index contributed by atoms with van der Waals surface area (Å²) < 4.78 is 10.3. The summed E-state index contributed by atoms with van der Waals surface area (Å²) in [5.41, 5.74) is 0.513. The van der Waals surface area contributed by atoms with Gasteiger partial charge in [0.15, 0.2) is 11.5 Å². The molecular formula is C14H21ClN2O3. The van der Waals surface area contributed by atoms with Crippen LogP contribution >= 0.6 is 11.6 Å². The zero-order valence-electron chi connectivity index (χ0n) is 12.2. The number of halogens is 1. The second-order valence-electron chi connectivity index (χ2n) is 4.59. The number of carbonyl (C=O) groups is 1. The molecule has 0 bridgehead atoms. The number of methoxy groups -OCH3 is 2. The Morgan fingerprint density at radius 3 is 2.40 bits per heavy atom. The van der Waals surface area contributed by atoms with Gasteiger partial charge in [0.1, 0.15) is 0 Å². The molecule has 0 atom stereocenters. The summed E-state index contributed by atoms with van der Waals surface area (Å²) in [4.78, 5) is 11.8.